The van der Waals surface area contributed by atoms with E-state index in [1.165, 1.54) is 0 Å². The first-order valence-corrected chi connectivity index (χ1v) is 6.48. The van der Waals surface area contributed by atoms with E-state index in [0.29, 0.717) is 0 Å². The van der Waals surface area contributed by atoms with Crippen molar-refractivity contribution in [1.29, 1.82) is 0 Å². The molecule has 0 unspecified atom stereocenters. The molecule has 3 heteroatoms. The number of ether oxygens (including phenoxy) is 1. The summed E-state index contributed by atoms with van der Waals surface area (Å²) in [4.78, 5) is 14.1. The zero-order chi connectivity index (χ0) is 13.5. The van der Waals surface area contributed by atoms with E-state index in [9.17, 15) is 4.79 Å². The second-order valence-corrected chi connectivity index (χ2v) is 7.18. The molecule has 1 heterocycles. The van der Waals surface area contributed by atoms with E-state index in [4.69, 9.17) is 4.74 Å². The molecule has 1 rings (SSSR count). The van der Waals surface area contributed by atoms with Gasteiger partial charge in [-0.3, -0.25) is 0 Å². The molecule has 0 atom stereocenters. The minimum atomic E-state index is -0.422. The van der Waals surface area contributed by atoms with E-state index < -0.39 is 5.60 Å². The van der Waals surface area contributed by atoms with Crippen LogP contribution in [-0.4, -0.2) is 28.7 Å². The molecule has 1 aliphatic rings. The Bertz CT molecular complexity index is 300. The van der Waals surface area contributed by atoms with Gasteiger partial charge in [0.25, 0.3) is 0 Å². The highest BCUT2D eigenvalue weighted by atomic mass is 16.6. The van der Waals surface area contributed by atoms with Crippen molar-refractivity contribution in [2.75, 3.05) is 6.54 Å². The molecule has 1 fully saturated rings. The number of likely N-dealkylation sites (tertiary alicyclic amines) is 1. The second-order valence-electron chi connectivity index (χ2n) is 7.18. The number of nitrogens with zero attached hydrogens (tertiary/aromatic N) is 1. The molecule has 0 saturated carbocycles. The van der Waals surface area contributed by atoms with Crippen LogP contribution in [0.4, 0.5) is 4.79 Å². The number of piperidine rings is 1. The maximum Gasteiger partial charge on any atom is 0.410 e. The van der Waals surface area contributed by atoms with Gasteiger partial charge < -0.3 is 9.64 Å². The molecule has 0 N–H and O–H groups in total. The SMILES string of the molecule is CC(C)(C)OC(=O)N1CCCC(C)(C)C1(C)C. The van der Waals surface area contributed by atoms with E-state index >= 15 is 0 Å². The Labute approximate surface area is 106 Å². The summed E-state index contributed by atoms with van der Waals surface area (Å²) < 4.78 is 5.49. The minimum absolute atomic E-state index is 0.127. The van der Waals surface area contributed by atoms with E-state index in [0.717, 1.165) is 19.4 Å². The van der Waals surface area contributed by atoms with Gasteiger partial charge in [0.15, 0.2) is 0 Å². The molecule has 0 radical (unpaired) electrons. The predicted octanol–water partition coefficient (Wildman–Crippen LogP) is 3.82. The molecular weight excluding hydrogens is 214 g/mol. The van der Waals surface area contributed by atoms with Crippen molar-refractivity contribution in [3.8, 4) is 0 Å². The third kappa shape index (κ3) is 2.93. The van der Waals surface area contributed by atoms with Gasteiger partial charge in [-0.25, -0.2) is 4.79 Å². The first kappa shape index (κ1) is 14.3. The quantitative estimate of drug-likeness (QED) is 0.645. The molecule has 0 aromatic rings. The van der Waals surface area contributed by atoms with Gasteiger partial charge >= 0.3 is 6.09 Å². The van der Waals surface area contributed by atoms with Crippen molar-refractivity contribution in [3.63, 3.8) is 0 Å². The maximum atomic E-state index is 12.2. The van der Waals surface area contributed by atoms with Crippen LogP contribution in [0.25, 0.3) is 0 Å². The highest BCUT2D eigenvalue weighted by Crippen LogP contribution is 2.43. The van der Waals surface area contributed by atoms with Crippen LogP contribution < -0.4 is 0 Å². The summed E-state index contributed by atoms with van der Waals surface area (Å²) in [5.74, 6) is 0. The summed E-state index contributed by atoms with van der Waals surface area (Å²) in [6.45, 7) is 15.2. The Morgan fingerprint density at radius 2 is 1.71 bits per heavy atom. The predicted molar refractivity (Wildman–Crippen MR) is 70.0 cm³/mol. The molecule has 0 bridgehead atoms. The smallest absolute Gasteiger partial charge is 0.410 e. The van der Waals surface area contributed by atoms with Crippen molar-refractivity contribution in [3.05, 3.63) is 0 Å². The topological polar surface area (TPSA) is 29.5 Å². The van der Waals surface area contributed by atoms with Crippen molar-refractivity contribution < 1.29 is 9.53 Å². The van der Waals surface area contributed by atoms with Gasteiger partial charge in [0.05, 0.1) is 0 Å². The van der Waals surface area contributed by atoms with Crippen molar-refractivity contribution in [2.24, 2.45) is 5.41 Å². The van der Waals surface area contributed by atoms with Crippen molar-refractivity contribution in [2.45, 2.75) is 72.4 Å². The van der Waals surface area contributed by atoms with Gasteiger partial charge in [0.2, 0.25) is 0 Å². The Morgan fingerprint density at radius 3 is 2.18 bits per heavy atom. The van der Waals surface area contributed by atoms with Crippen LogP contribution >= 0.6 is 0 Å². The number of carbonyl (C=O) groups excluding carboxylic acids is 1. The van der Waals surface area contributed by atoms with Gasteiger partial charge in [-0.2, -0.15) is 0 Å². The molecular formula is C14H27NO2. The monoisotopic (exact) mass is 241 g/mol. The zero-order valence-electron chi connectivity index (χ0n) is 12.4. The summed E-state index contributed by atoms with van der Waals surface area (Å²) >= 11 is 0. The van der Waals surface area contributed by atoms with Gasteiger partial charge in [-0.1, -0.05) is 13.8 Å². The van der Waals surface area contributed by atoms with Crippen LogP contribution in [0.5, 0.6) is 0 Å². The maximum absolute atomic E-state index is 12.2. The van der Waals surface area contributed by atoms with Crippen molar-refractivity contribution in [1.82, 2.24) is 4.90 Å². The average Bonchev–Trinajstić information content (AvgIpc) is 2.06. The van der Waals surface area contributed by atoms with Crippen LogP contribution in [0.1, 0.15) is 61.3 Å². The van der Waals surface area contributed by atoms with E-state index in [2.05, 4.69) is 27.7 Å². The number of rotatable bonds is 0. The van der Waals surface area contributed by atoms with Crippen LogP contribution in [0, 0.1) is 5.41 Å². The highest BCUT2D eigenvalue weighted by molar-refractivity contribution is 5.69. The lowest BCUT2D eigenvalue weighted by molar-refractivity contribution is -0.0500. The first-order valence-electron chi connectivity index (χ1n) is 6.48. The third-order valence-corrected chi connectivity index (χ3v) is 4.13. The molecule has 0 aromatic carbocycles. The fraction of sp³-hybridized carbons (Fsp3) is 0.929. The Kier molecular flexibility index (Phi) is 3.52. The minimum Gasteiger partial charge on any atom is -0.444 e. The lowest BCUT2D eigenvalue weighted by atomic mass is 9.68. The molecule has 0 aliphatic carbocycles. The zero-order valence-corrected chi connectivity index (χ0v) is 12.4. The largest absolute Gasteiger partial charge is 0.444 e. The van der Waals surface area contributed by atoms with Crippen LogP contribution in [0.15, 0.2) is 0 Å². The molecule has 3 nitrogen and oxygen atoms in total. The van der Waals surface area contributed by atoms with E-state index in [1.807, 2.05) is 25.7 Å². The molecule has 1 amide bonds. The third-order valence-electron chi connectivity index (χ3n) is 4.13. The summed E-state index contributed by atoms with van der Waals surface area (Å²) in [7, 11) is 0. The normalized spacial score (nSPS) is 23.4. The summed E-state index contributed by atoms with van der Waals surface area (Å²) in [6, 6.07) is 0. The number of amides is 1. The average molecular weight is 241 g/mol. The van der Waals surface area contributed by atoms with E-state index in [-0.39, 0.29) is 17.0 Å². The van der Waals surface area contributed by atoms with Crippen molar-refractivity contribution >= 4 is 6.09 Å². The highest BCUT2D eigenvalue weighted by Gasteiger charge is 2.47. The number of hydrogen-bond acceptors (Lipinski definition) is 2. The lowest BCUT2D eigenvalue weighted by Crippen LogP contribution is -2.60. The molecule has 0 aromatic heterocycles. The van der Waals surface area contributed by atoms with Gasteiger partial charge in [0, 0.05) is 12.1 Å². The first-order chi connectivity index (χ1) is 7.47. The Balaban J connectivity index is 2.87. The molecule has 1 saturated heterocycles. The van der Waals surface area contributed by atoms with Crippen LogP contribution in [0.3, 0.4) is 0 Å². The molecule has 0 spiro atoms. The van der Waals surface area contributed by atoms with E-state index in [1.54, 1.807) is 0 Å². The fourth-order valence-electron chi connectivity index (χ4n) is 2.27. The second kappa shape index (κ2) is 4.18. The summed E-state index contributed by atoms with van der Waals surface area (Å²) in [5.41, 5.74) is -0.454. The van der Waals surface area contributed by atoms with Crippen LogP contribution in [0.2, 0.25) is 0 Å². The number of hydrogen-bond donors (Lipinski definition) is 0. The summed E-state index contributed by atoms with van der Waals surface area (Å²) in [6.07, 6.45) is 2.02. The summed E-state index contributed by atoms with van der Waals surface area (Å²) in [5, 5.41) is 0. The fourth-order valence-corrected chi connectivity index (χ4v) is 2.27. The van der Waals surface area contributed by atoms with Gasteiger partial charge in [-0.05, 0) is 52.9 Å². The Hall–Kier alpha value is -0.730. The lowest BCUT2D eigenvalue weighted by Gasteiger charge is -2.53. The molecule has 1 aliphatic heterocycles. The van der Waals surface area contributed by atoms with Gasteiger partial charge in [-0.15, -0.1) is 0 Å². The Morgan fingerprint density at radius 1 is 1.18 bits per heavy atom. The van der Waals surface area contributed by atoms with Crippen LogP contribution in [-0.2, 0) is 4.74 Å². The standard InChI is InChI=1S/C14H27NO2/c1-12(2,3)17-11(16)15-10-8-9-13(4,5)14(15,6)7/h8-10H2,1-7H3. The number of carbonyl (C=O) groups is 1. The molecule has 17 heavy (non-hydrogen) atoms. The molecule has 100 valence electrons. The van der Waals surface area contributed by atoms with Gasteiger partial charge in [0.1, 0.15) is 5.60 Å².